The van der Waals surface area contributed by atoms with E-state index >= 15 is 0 Å². The van der Waals surface area contributed by atoms with E-state index in [-0.39, 0.29) is 19.4 Å². The number of carbonyl (C=O) groups excluding carboxylic acids is 1. The maximum Gasteiger partial charge on any atom is 0.338 e. The zero-order valence-corrected chi connectivity index (χ0v) is 26.9. The second-order valence-corrected chi connectivity index (χ2v) is 16.4. The minimum absolute atomic E-state index is 0.0888. The summed E-state index contributed by atoms with van der Waals surface area (Å²) in [5.41, 5.74) is -8.66. The quantitative estimate of drug-likeness (QED) is 0.206. The summed E-state index contributed by atoms with van der Waals surface area (Å²) in [5.74, 6) is -1.80. The van der Waals surface area contributed by atoms with Gasteiger partial charge in [0.2, 0.25) is 5.79 Å². The van der Waals surface area contributed by atoms with Crippen LogP contribution >= 0.6 is 0 Å². The molecule has 4 aliphatic carbocycles. The lowest BCUT2D eigenvalue weighted by atomic mass is 9.49. The van der Waals surface area contributed by atoms with Crippen molar-refractivity contribution in [2.75, 3.05) is 13.1 Å². The SMILES string of the molecule is C#Cc1ccc(C(=O)O[C@H]2CC[C@@]3(C)[C@@H]4CC[C@H]5[C@]6(O)C[C@H](O)[C@@]7(O)[C@@H](CN8C[C@@H](C)CC[C@H]8[C@@]7(C)O)[C@]6(O)C[C@@]53O[C@]24O)cc1. The first-order valence-electron chi connectivity index (χ1n) is 17.0. The summed E-state index contributed by atoms with van der Waals surface area (Å²) in [6.45, 7) is 6.59. The third-order valence-corrected chi connectivity index (χ3v) is 14.6. The Kier molecular flexibility index (Phi) is 6.33. The topological polar surface area (TPSA) is 160 Å². The molecular weight excluding hydrogens is 590 g/mol. The van der Waals surface area contributed by atoms with Gasteiger partial charge < -0.3 is 40.1 Å². The third-order valence-electron chi connectivity index (χ3n) is 14.6. The van der Waals surface area contributed by atoms with Gasteiger partial charge in [0.1, 0.15) is 22.4 Å². The Bertz CT molecular complexity index is 1510. The summed E-state index contributed by atoms with van der Waals surface area (Å²) < 4.78 is 12.8. The van der Waals surface area contributed by atoms with E-state index in [9.17, 15) is 35.4 Å². The molecule has 0 unspecified atom stereocenters. The van der Waals surface area contributed by atoms with Crippen molar-refractivity contribution in [2.24, 2.45) is 29.1 Å². The van der Waals surface area contributed by atoms with Crippen molar-refractivity contribution in [1.29, 1.82) is 0 Å². The van der Waals surface area contributed by atoms with Crippen molar-refractivity contribution in [3.05, 3.63) is 35.4 Å². The van der Waals surface area contributed by atoms with E-state index in [1.165, 1.54) is 0 Å². The van der Waals surface area contributed by atoms with Gasteiger partial charge in [0.25, 0.3) is 0 Å². The van der Waals surface area contributed by atoms with Crippen molar-refractivity contribution >= 4 is 5.97 Å². The number of terminal acetylenes is 1. The number of esters is 1. The monoisotopic (exact) mass is 637 g/mol. The van der Waals surface area contributed by atoms with Crippen LogP contribution in [0, 0.1) is 41.4 Å². The molecule has 14 atom stereocenters. The van der Waals surface area contributed by atoms with Gasteiger partial charge in [-0.15, -0.1) is 6.42 Å². The molecule has 7 fully saturated rings. The summed E-state index contributed by atoms with van der Waals surface area (Å²) in [7, 11) is 0. The lowest BCUT2D eigenvalue weighted by Gasteiger charge is -2.68. The Morgan fingerprint density at radius 2 is 1.65 bits per heavy atom. The molecule has 0 amide bonds. The fraction of sp³-hybridized carbons (Fsp3) is 0.750. The van der Waals surface area contributed by atoms with E-state index in [4.69, 9.17) is 15.9 Å². The van der Waals surface area contributed by atoms with E-state index in [1.807, 2.05) is 6.92 Å². The summed E-state index contributed by atoms with van der Waals surface area (Å²) in [5, 5.41) is 74.4. The van der Waals surface area contributed by atoms with Crippen LogP contribution in [0.25, 0.3) is 0 Å². The highest BCUT2D eigenvalue weighted by atomic mass is 16.7. The van der Waals surface area contributed by atoms with Crippen molar-refractivity contribution in [3.8, 4) is 12.3 Å². The molecule has 4 bridgehead atoms. The first kappa shape index (κ1) is 31.2. The Morgan fingerprint density at radius 1 is 0.957 bits per heavy atom. The van der Waals surface area contributed by atoms with E-state index in [1.54, 1.807) is 31.2 Å². The number of hydrogen-bond donors (Lipinski definition) is 6. The number of carbonyl (C=O) groups is 1. The van der Waals surface area contributed by atoms with Crippen molar-refractivity contribution in [3.63, 3.8) is 0 Å². The molecule has 250 valence electrons. The Hall–Kier alpha value is -2.07. The van der Waals surface area contributed by atoms with Gasteiger partial charge >= 0.3 is 5.97 Å². The number of aliphatic hydroxyl groups excluding tert-OH is 1. The predicted octanol–water partition coefficient (Wildman–Crippen LogP) is 1.32. The van der Waals surface area contributed by atoms with E-state index < -0.39 is 81.2 Å². The van der Waals surface area contributed by atoms with Crippen LogP contribution in [0.1, 0.15) is 88.1 Å². The zero-order chi connectivity index (χ0) is 32.9. The third kappa shape index (κ3) is 3.39. The fourth-order valence-corrected chi connectivity index (χ4v) is 12.3. The van der Waals surface area contributed by atoms with Gasteiger partial charge in [0.05, 0.1) is 17.3 Å². The molecule has 1 spiro atoms. The summed E-state index contributed by atoms with van der Waals surface area (Å²) in [4.78, 5) is 15.4. The molecule has 3 heterocycles. The molecular formula is C36H47NO9. The Morgan fingerprint density at radius 3 is 2.35 bits per heavy atom. The zero-order valence-electron chi connectivity index (χ0n) is 26.9. The van der Waals surface area contributed by atoms with Gasteiger partial charge in [-0.1, -0.05) is 19.8 Å². The highest BCUT2D eigenvalue weighted by Gasteiger charge is 2.88. The molecule has 1 aromatic carbocycles. The molecule has 0 radical (unpaired) electrons. The van der Waals surface area contributed by atoms with Crippen LogP contribution in [0.2, 0.25) is 0 Å². The predicted molar refractivity (Wildman–Crippen MR) is 164 cm³/mol. The summed E-state index contributed by atoms with van der Waals surface area (Å²) >= 11 is 0. The first-order chi connectivity index (χ1) is 21.5. The molecule has 8 rings (SSSR count). The van der Waals surface area contributed by atoms with Gasteiger partial charge in [0, 0.05) is 60.7 Å². The normalized spacial score (nSPS) is 55.3. The van der Waals surface area contributed by atoms with Gasteiger partial charge in [-0.2, -0.15) is 0 Å². The largest absolute Gasteiger partial charge is 0.453 e. The second-order valence-electron chi connectivity index (χ2n) is 16.4. The van der Waals surface area contributed by atoms with Crippen LogP contribution in [0.15, 0.2) is 24.3 Å². The average molecular weight is 638 g/mol. The lowest BCUT2D eigenvalue weighted by Crippen LogP contribution is -2.85. The van der Waals surface area contributed by atoms with Crippen molar-refractivity contribution in [2.45, 2.75) is 124 Å². The van der Waals surface area contributed by atoms with E-state index in [0.29, 0.717) is 55.7 Å². The van der Waals surface area contributed by atoms with Gasteiger partial charge in [-0.3, -0.25) is 4.90 Å². The van der Waals surface area contributed by atoms with Crippen LogP contribution in [-0.4, -0.2) is 107 Å². The first-order valence-corrected chi connectivity index (χ1v) is 17.0. The Balaban J connectivity index is 1.17. The van der Waals surface area contributed by atoms with Gasteiger partial charge in [-0.25, -0.2) is 4.79 Å². The average Bonchev–Trinajstić information content (AvgIpc) is 3.18. The number of nitrogens with zero attached hydrogens (tertiary/aromatic N) is 1. The van der Waals surface area contributed by atoms with Gasteiger partial charge in [0.15, 0.2) is 6.10 Å². The van der Waals surface area contributed by atoms with E-state index in [2.05, 4.69) is 17.7 Å². The maximum absolute atomic E-state index is 13.3. The molecule has 10 nitrogen and oxygen atoms in total. The number of rotatable bonds is 2. The second kappa shape index (κ2) is 9.33. The van der Waals surface area contributed by atoms with Gasteiger partial charge in [-0.05, 0) is 75.6 Å². The number of fused-ring (bicyclic) bond motifs is 5. The highest BCUT2D eigenvalue weighted by molar-refractivity contribution is 5.89. The highest BCUT2D eigenvalue weighted by Crippen LogP contribution is 2.78. The van der Waals surface area contributed by atoms with Crippen LogP contribution in [-0.2, 0) is 9.47 Å². The Labute approximate surface area is 269 Å². The lowest BCUT2D eigenvalue weighted by molar-refractivity contribution is -0.354. The molecule has 46 heavy (non-hydrogen) atoms. The maximum atomic E-state index is 13.3. The molecule has 4 saturated carbocycles. The number of benzene rings is 1. The fourth-order valence-electron chi connectivity index (χ4n) is 12.3. The number of hydrogen-bond acceptors (Lipinski definition) is 10. The minimum Gasteiger partial charge on any atom is -0.453 e. The summed E-state index contributed by atoms with van der Waals surface area (Å²) in [6, 6.07) is 6.07. The standard InChI is InChI=1S/C36H47NO9/c1-5-21-7-9-22(10-8-21)29(39)45-28-14-15-30(3)23-11-12-24-32(41)16-27(38)35(43)25(33(32,42)19-34(24,30)46-36(23,28)44)18-37-17-20(2)6-13-26(37)31(35,4)40/h1,7-10,20,23-28,38,40-44H,6,11-19H2,2-4H3/t20-,23-,24-,25-,26-,27-,28-,30-,31+,32+,33+,34+,35-,36-/m0/s1. The minimum atomic E-state index is -2.09. The molecule has 7 aliphatic rings. The molecule has 10 heteroatoms. The van der Waals surface area contributed by atoms with E-state index in [0.717, 1.165) is 6.42 Å². The number of piperidine rings is 2. The van der Waals surface area contributed by atoms with Crippen LogP contribution in [0.3, 0.4) is 0 Å². The van der Waals surface area contributed by atoms with Crippen molar-refractivity contribution < 1.29 is 44.9 Å². The smallest absolute Gasteiger partial charge is 0.338 e. The molecule has 3 aliphatic heterocycles. The number of aliphatic hydroxyl groups is 6. The molecule has 6 N–H and O–H groups in total. The van der Waals surface area contributed by atoms with Crippen LogP contribution in [0.4, 0.5) is 0 Å². The number of ether oxygens (including phenoxy) is 2. The van der Waals surface area contributed by atoms with Crippen LogP contribution in [0.5, 0.6) is 0 Å². The molecule has 3 saturated heterocycles. The molecule has 1 aromatic rings. The van der Waals surface area contributed by atoms with Crippen LogP contribution < -0.4 is 0 Å². The summed E-state index contributed by atoms with van der Waals surface area (Å²) in [6.07, 6.45) is 5.77. The van der Waals surface area contributed by atoms with Crippen molar-refractivity contribution in [1.82, 2.24) is 4.90 Å². The molecule has 0 aromatic heterocycles.